The van der Waals surface area contributed by atoms with Gasteiger partial charge >= 0.3 is 0 Å². The van der Waals surface area contributed by atoms with Crippen LogP contribution in [0.5, 0.6) is 0 Å². The van der Waals surface area contributed by atoms with Gasteiger partial charge in [-0.25, -0.2) is 0 Å². The average molecular weight is 282 g/mol. The first-order valence-corrected chi connectivity index (χ1v) is 6.87. The number of H-pyrrole nitrogens is 1. The third kappa shape index (κ3) is 2.86. The molecule has 0 saturated heterocycles. The summed E-state index contributed by atoms with van der Waals surface area (Å²) < 4.78 is 0. The van der Waals surface area contributed by atoms with Gasteiger partial charge in [-0.1, -0.05) is 11.6 Å². The molecule has 0 spiro atoms. The van der Waals surface area contributed by atoms with Crippen LogP contribution >= 0.6 is 23.4 Å². The molecule has 0 saturated carbocycles. The van der Waals surface area contributed by atoms with E-state index in [1.807, 2.05) is 19.2 Å². The number of thioether (sulfide) groups is 1. The lowest BCUT2D eigenvalue weighted by atomic mass is 10.2. The topological polar surface area (TPSA) is 57.8 Å². The average Bonchev–Trinajstić information content (AvgIpc) is 2.75. The molecule has 1 heterocycles. The van der Waals surface area contributed by atoms with E-state index in [0.29, 0.717) is 16.4 Å². The van der Waals surface area contributed by atoms with Crippen molar-refractivity contribution in [2.75, 3.05) is 11.6 Å². The molecular formula is C12H12ClN3OS. The van der Waals surface area contributed by atoms with Crippen LogP contribution in [0, 0.1) is 6.92 Å². The van der Waals surface area contributed by atoms with Crippen LogP contribution in [0.15, 0.2) is 29.2 Å². The highest BCUT2D eigenvalue weighted by atomic mass is 35.5. The number of carbonyl (C=O) groups is 1. The van der Waals surface area contributed by atoms with E-state index in [1.165, 1.54) is 0 Å². The smallest absolute Gasteiger partial charge is 0.258 e. The van der Waals surface area contributed by atoms with Crippen molar-refractivity contribution in [3.05, 3.63) is 40.5 Å². The fraction of sp³-hybridized carbons (Fsp3) is 0.167. The van der Waals surface area contributed by atoms with Gasteiger partial charge in [0.05, 0.1) is 10.6 Å². The molecule has 1 aromatic heterocycles. The second-order valence-corrected chi connectivity index (χ2v) is 5.02. The van der Waals surface area contributed by atoms with Crippen molar-refractivity contribution in [2.45, 2.75) is 11.8 Å². The van der Waals surface area contributed by atoms with E-state index in [9.17, 15) is 4.79 Å². The van der Waals surface area contributed by atoms with Crippen LogP contribution in [0.25, 0.3) is 0 Å². The van der Waals surface area contributed by atoms with Gasteiger partial charge in [0.15, 0.2) is 5.82 Å². The zero-order valence-electron chi connectivity index (χ0n) is 9.95. The van der Waals surface area contributed by atoms with Crippen molar-refractivity contribution < 1.29 is 4.79 Å². The second kappa shape index (κ2) is 5.46. The van der Waals surface area contributed by atoms with E-state index in [1.54, 1.807) is 30.0 Å². The van der Waals surface area contributed by atoms with Gasteiger partial charge in [-0.15, -0.1) is 11.8 Å². The maximum Gasteiger partial charge on any atom is 0.258 e. The maximum atomic E-state index is 12.1. The van der Waals surface area contributed by atoms with Gasteiger partial charge in [-0.3, -0.25) is 9.89 Å². The van der Waals surface area contributed by atoms with Crippen molar-refractivity contribution in [3.8, 4) is 0 Å². The van der Waals surface area contributed by atoms with E-state index in [4.69, 9.17) is 11.6 Å². The maximum absolute atomic E-state index is 12.1. The molecule has 0 unspecified atom stereocenters. The summed E-state index contributed by atoms with van der Waals surface area (Å²) in [5.41, 5.74) is 1.33. The summed E-state index contributed by atoms with van der Waals surface area (Å²) in [5.74, 6) is 0.227. The zero-order chi connectivity index (χ0) is 13.1. The number of aryl methyl sites for hydroxylation is 1. The van der Waals surface area contributed by atoms with E-state index < -0.39 is 0 Å². The molecule has 0 atom stereocenters. The molecule has 0 radical (unpaired) electrons. The first-order chi connectivity index (χ1) is 8.60. The molecule has 0 fully saturated rings. The molecule has 2 N–H and O–H groups in total. The summed E-state index contributed by atoms with van der Waals surface area (Å²) in [6.07, 6.45) is 1.95. The normalized spacial score (nSPS) is 10.4. The van der Waals surface area contributed by atoms with Crippen molar-refractivity contribution in [1.29, 1.82) is 0 Å². The minimum Gasteiger partial charge on any atom is -0.305 e. The molecule has 1 aromatic carbocycles. The van der Waals surface area contributed by atoms with Gasteiger partial charge in [0.25, 0.3) is 5.91 Å². The third-order valence-electron chi connectivity index (χ3n) is 2.37. The third-order valence-corrected chi connectivity index (χ3v) is 3.42. The van der Waals surface area contributed by atoms with Crippen LogP contribution in [0.2, 0.25) is 5.02 Å². The number of carbonyl (C=O) groups excluding carboxylic acids is 1. The molecule has 6 heteroatoms. The Morgan fingerprint density at radius 3 is 2.83 bits per heavy atom. The summed E-state index contributed by atoms with van der Waals surface area (Å²) in [4.78, 5) is 13.0. The number of rotatable bonds is 3. The fourth-order valence-electron chi connectivity index (χ4n) is 1.47. The van der Waals surface area contributed by atoms with Gasteiger partial charge in [0.1, 0.15) is 0 Å². The monoisotopic (exact) mass is 281 g/mol. The lowest BCUT2D eigenvalue weighted by molar-refractivity contribution is 0.102. The Bertz CT molecular complexity index is 582. The van der Waals surface area contributed by atoms with E-state index in [2.05, 4.69) is 15.5 Å². The number of hydrogen-bond acceptors (Lipinski definition) is 3. The van der Waals surface area contributed by atoms with E-state index >= 15 is 0 Å². The summed E-state index contributed by atoms with van der Waals surface area (Å²) >= 11 is 7.58. The van der Waals surface area contributed by atoms with Crippen molar-refractivity contribution in [3.63, 3.8) is 0 Å². The Kier molecular flexibility index (Phi) is 3.93. The largest absolute Gasteiger partial charge is 0.305 e. The summed E-state index contributed by atoms with van der Waals surface area (Å²) in [6.45, 7) is 1.87. The van der Waals surface area contributed by atoms with Crippen molar-refractivity contribution in [2.24, 2.45) is 0 Å². The molecule has 0 aliphatic rings. The number of halogens is 1. The molecular weight excluding hydrogens is 270 g/mol. The Balaban J connectivity index is 2.23. The van der Waals surface area contributed by atoms with Crippen LogP contribution in [-0.2, 0) is 0 Å². The Labute approximate surface area is 114 Å². The Morgan fingerprint density at radius 1 is 1.44 bits per heavy atom. The first kappa shape index (κ1) is 13.0. The van der Waals surface area contributed by atoms with Gasteiger partial charge in [-0.05, 0) is 31.4 Å². The predicted molar refractivity (Wildman–Crippen MR) is 74.5 cm³/mol. The minimum absolute atomic E-state index is 0.262. The van der Waals surface area contributed by atoms with Gasteiger partial charge in [0.2, 0.25) is 0 Å². The number of benzene rings is 1. The molecule has 1 amide bonds. The number of nitrogens with one attached hydrogen (secondary N) is 2. The van der Waals surface area contributed by atoms with Gasteiger partial charge in [-0.2, -0.15) is 5.10 Å². The minimum atomic E-state index is -0.262. The SMILES string of the molecule is CSc1ccc(Cl)c(C(=O)Nc2cc(C)[nH]n2)c1. The fourth-order valence-corrected chi connectivity index (χ4v) is 2.11. The lowest BCUT2D eigenvalue weighted by Crippen LogP contribution is -2.12. The zero-order valence-corrected chi connectivity index (χ0v) is 11.5. The van der Waals surface area contributed by atoms with Crippen LogP contribution in [0.3, 0.4) is 0 Å². The molecule has 0 aliphatic heterocycles. The van der Waals surface area contributed by atoms with Gasteiger partial charge < -0.3 is 5.32 Å². The Hall–Kier alpha value is -1.46. The number of aromatic amines is 1. The quantitative estimate of drug-likeness (QED) is 0.848. The van der Waals surface area contributed by atoms with E-state index in [0.717, 1.165) is 10.6 Å². The number of anilines is 1. The van der Waals surface area contributed by atoms with Crippen LogP contribution in [0.4, 0.5) is 5.82 Å². The summed E-state index contributed by atoms with van der Waals surface area (Å²) in [7, 11) is 0. The second-order valence-electron chi connectivity index (χ2n) is 3.74. The summed E-state index contributed by atoms with van der Waals surface area (Å²) in [5, 5.41) is 9.83. The number of hydrogen-bond donors (Lipinski definition) is 2. The molecule has 0 aliphatic carbocycles. The number of nitrogens with zero attached hydrogens (tertiary/aromatic N) is 1. The highest BCUT2D eigenvalue weighted by molar-refractivity contribution is 7.98. The number of aromatic nitrogens is 2. The van der Waals surface area contributed by atoms with Crippen LogP contribution in [0.1, 0.15) is 16.1 Å². The molecule has 94 valence electrons. The van der Waals surface area contributed by atoms with Crippen LogP contribution in [-0.4, -0.2) is 22.4 Å². The van der Waals surface area contributed by atoms with E-state index in [-0.39, 0.29) is 5.91 Å². The molecule has 18 heavy (non-hydrogen) atoms. The predicted octanol–water partition coefficient (Wildman–Crippen LogP) is 3.35. The summed E-state index contributed by atoms with van der Waals surface area (Å²) in [6, 6.07) is 7.12. The Morgan fingerprint density at radius 2 is 2.22 bits per heavy atom. The molecule has 4 nitrogen and oxygen atoms in total. The lowest BCUT2D eigenvalue weighted by Gasteiger charge is -2.05. The van der Waals surface area contributed by atoms with Crippen molar-refractivity contribution >= 4 is 35.1 Å². The van der Waals surface area contributed by atoms with Gasteiger partial charge in [0, 0.05) is 16.7 Å². The van der Waals surface area contributed by atoms with Crippen LogP contribution < -0.4 is 5.32 Å². The van der Waals surface area contributed by atoms with Crippen molar-refractivity contribution in [1.82, 2.24) is 10.2 Å². The standard InChI is InChI=1S/C12H12ClN3OS/c1-7-5-11(16-15-7)14-12(17)9-6-8(18-2)3-4-10(9)13/h3-6H,1-2H3,(H2,14,15,16,17). The first-order valence-electron chi connectivity index (χ1n) is 5.27. The number of amides is 1. The highest BCUT2D eigenvalue weighted by Gasteiger charge is 2.12. The highest BCUT2D eigenvalue weighted by Crippen LogP contribution is 2.23. The molecule has 2 rings (SSSR count). The molecule has 0 bridgehead atoms. The molecule has 2 aromatic rings.